The van der Waals surface area contributed by atoms with Gasteiger partial charge in [-0.1, -0.05) is 0 Å². The molecule has 0 fully saturated rings. The van der Waals surface area contributed by atoms with Crippen LogP contribution < -0.4 is 5.32 Å². The molecule has 0 spiro atoms. The Kier molecular flexibility index (Phi) is 6.35. The molecule has 2 N–H and O–H groups in total. The summed E-state index contributed by atoms with van der Waals surface area (Å²) in [6, 6.07) is 3.34. The van der Waals surface area contributed by atoms with Crippen molar-refractivity contribution >= 4 is 17.8 Å². The molecule has 0 saturated heterocycles. The zero-order valence-corrected chi connectivity index (χ0v) is 10.9. The molecular formula is C13H18N2O4. The first-order valence-electron chi connectivity index (χ1n) is 6.22. The van der Waals surface area contributed by atoms with E-state index in [1.54, 1.807) is 19.1 Å². The average molecular weight is 266 g/mol. The minimum absolute atomic E-state index is 0.177. The first-order valence-corrected chi connectivity index (χ1v) is 6.22. The second-order valence-corrected chi connectivity index (χ2v) is 3.93. The summed E-state index contributed by atoms with van der Waals surface area (Å²) in [5.74, 6) is -0.511. The van der Waals surface area contributed by atoms with Crippen LogP contribution in [0.4, 0.5) is 5.82 Å². The number of aliphatic carboxylic acids is 1. The Morgan fingerprint density at radius 3 is 2.74 bits per heavy atom. The van der Waals surface area contributed by atoms with Crippen LogP contribution in [0.15, 0.2) is 18.3 Å². The number of rotatable bonds is 8. The van der Waals surface area contributed by atoms with Crippen LogP contribution in [-0.2, 0) is 9.53 Å². The monoisotopic (exact) mass is 266 g/mol. The maximum Gasteiger partial charge on any atom is 0.339 e. The quantitative estimate of drug-likeness (QED) is 0.552. The number of hydrogen-bond acceptors (Lipinski definition) is 5. The van der Waals surface area contributed by atoms with Crippen molar-refractivity contribution in [1.29, 1.82) is 0 Å². The van der Waals surface area contributed by atoms with E-state index in [0.29, 0.717) is 31.0 Å². The Labute approximate surface area is 111 Å². The Morgan fingerprint density at radius 2 is 2.16 bits per heavy atom. The van der Waals surface area contributed by atoms with Gasteiger partial charge < -0.3 is 15.2 Å². The second kappa shape index (κ2) is 8.07. The first-order chi connectivity index (χ1) is 9.13. The largest absolute Gasteiger partial charge is 0.481 e. The number of pyridine rings is 1. The molecule has 0 aromatic carbocycles. The number of hydrogen-bond donors (Lipinski definition) is 2. The van der Waals surface area contributed by atoms with Crippen molar-refractivity contribution in [3.63, 3.8) is 0 Å². The van der Waals surface area contributed by atoms with Gasteiger partial charge in [0.05, 0.1) is 12.2 Å². The number of nitrogens with zero attached hydrogens (tertiary/aromatic N) is 1. The molecule has 0 unspecified atom stereocenters. The van der Waals surface area contributed by atoms with Crippen LogP contribution in [0.25, 0.3) is 0 Å². The highest BCUT2D eigenvalue weighted by Crippen LogP contribution is 2.07. The van der Waals surface area contributed by atoms with Crippen molar-refractivity contribution < 1.29 is 19.4 Å². The van der Waals surface area contributed by atoms with Crippen LogP contribution >= 0.6 is 0 Å². The van der Waals surface area contributed by atoms with Gasteiger partial charge in [0.1, 0.15) is 5.82 Å². The van der Waals surface area contributed by atoms with E-state index in [1.165, 1.54) is 6.20 Å². The summed E-state index contributed by atoms with van der Waals surface area (Å²) in [5, 5.41) is 11.5. The van der Waals surface area contributed by atoms with Crippen LogP contribution in [0.2, 0.25) is 0 Å². The zero-order chi connectivity index (χ0) is 14.1. The standard InChI is InChI=1S/C13H18N2O4/c1-2-19-13(18)10-6-7-11(15-9-10)14-8-4-3-5-12(16)17/h6-7,9H,2-5,8H2,1H3,(H,14,15)(H,16,17). The number of unbranched alkanes of at least 4 members (excludes halogenated alkanes) is 1. The van der Waals surface area contributed by atoms with Crippen molar-refractivity contribution in [2.75, 3.05) is 18.5 Å². The fraction of sp³-hybridized carbons (Fsp3) is 0.462. The predicted octanol–water partition coefficient (Wildman–Crippen LogP) is 1.93. The molecule has 0 saturated carbocycles. The van der Waals surface area contributed by atoms with E-state index in [-0.39, 0.29) is 12.4 Å². The SMILES string of the molecule is CCOC(=O)c1ccc(NCCCCC(=O)O)nc1. The number of anilines is 1. The number of carboxylic acid groups (broad SMARTS) is 1. The highest BCUT2D eigenvalue weighted by atomic mass is 16.5. The number of esters is 1. The van der Waals surface area contributed by atoms with E-state index in [0.717, 1.165) is 6.42 Å². The molecule has 6 nitrogen and oxygen atoms in total. The number of ether oxygens (including phenoxy) is 1. The van der Waals surface area contributed by atoms with Gasteiger partial charge >= 0.3 is 11.9 Å². The molecule has 0 amide bonds. The van der Waals surface area contributed by atoms with Crippen LogP contribution in [-0.4, -0.2) is 35.2 Å². The van der Waals surface area contributed by atoms with E-state index < -0.39 is 5.97 Å². The molecule has 0 bridgehead atoms. The summed E-state index contributed by atoms with van der Waals surface area (Å²) in [4.78, 5) is 25.8. The van der Waals surface area contributed by atoms with Gasteiger partial charge in [0.25, 0.3) is 0 Å². The van der Waals surface area contributed by atoms with Crippen LogP contribution in [0.1, 0.15) is 36.5 Å². The summed E-state index contributed by atoms with van der Waals surface area (Å²) >= 11 is 0. The number of carboxylic acids is 1. The molecule has 1 aromatic rings. The van der Waals surface area contributed by atoms with Crippen LogP contribution in [0.3, 0.4) is 0 Å². The maximum atomic E-state index is 11.4. The first kappa shape index (κ1) is 14.9. The minimum Gasteiger partial charge on any atom is -0.481 e. The molecule has 104 valence electrons. The van der Waals surface area contributed by atoms with Gasteiger partial charge in [-0.3, -0.25) is 4.79 Å². The summed E-state index contributed by atoms with van der Waals surface area (Å²) in [5.41, 5.74) is 0.415. The fourth-order valence-electron chi connectivity index (χ4n) is 1.45. The van der Waals surface area contributed by atoms with Gasteiger partial charge in [-0.25, -0.2) is 9.78 Å². The van der Waals surface area contributed by atoms with E-state index >= 15 is 0 Å². The van der Waals surface area contributed by atoms with Gasteiger partial charge in [0.2, 0.25) is 0 Å². The summed E-state index contributed by atoms with van der Waals surface area (Å²) in [7, 11) is 0. The highest BCUT2D eigenvalue weighted by molar-refractivity contribution is 5.89. The molecular weight excluding hydrogens is 248 g/mol. The van der Waals surface area contributed by atoms with Crippen molar-refractivity contribution in [2.24, 2.45) is 0 Å². The molecule has 1 aromatic heterocycles. The van der Waals surface area contributed by atoms with Crippen molar-refractivity contribution in [3.8, 4) is 0 Å². The summed E-state index contributed by atoms with van der Waals surface area (Å²) in [6.07, 6.45) is 3.02. The van der Waals surface area contributed by atoms with Gasteiger partial charge in [-0.05, 0) is 31.9 Å². The number of carbonyl (C=O) groups excluding carboxylic acids is 1. The molecule has 0 atom stereocenters. The van der Waals surface area contributed by atoms with Gasteiger partial charge in [0.15, 0.2) is 0 Å². The number of nitrogens with one attached hydrogen (secondary N) is 1. The number of aromatic nitrogens is 1. The molecule has 0 aliphatic rings. The van der Waals surface area contributed by atoms with Crippen LogP contribution in [0, 0.1) is 0 Å². The van der Waals surface area contributed by atoms with E-state index in [2.05, 4.69) is 10.3 Å². The number of carbonyl (C=O) groups is 2. The van der Waals surface area contributed by atoms with Gasteiger partial charge in [-0.15, -0.1) is 0 Å². The normalized spacial score (nSPS) is 9.95. The summed E-state index contributed by atoms with van der Waals surface area (Å²) in [6.45, 7) is 2.74. The molecule has 1 rings (SSSR count). The molecule has 6 heteroatoms. The van der Waals surface area contributed by atoms with Crippen molar-refractivity contribution in [2.45, 2.75) is 26.2 Å². The smallest absolute Gasteiger partial charge is 0.339 e. The average Bonchev–Trinajstić information content (AvgIpc) is 2.39. The van der Waals surface area contributed by atoms with E-state index in [9.17, 15) is 9.59 Å². The lowest BCUT2D eigenvalue weighted by molar-refractivity contribution is -0.137. The molecule has 0 aliphatic heterocycles. The van der Waals surface area contributed by atoms with Gasteiger partial charge in [-0.2, -0.15) is 0 Å². The van der Waals surface area contributed by atoms with Crippen molar-refractivity contribution in [1.82, 2.24) is 4.98 Å². The maximum absolute atomic E-state index is 11.4. The topological polar surface area (TPSA) is 88.5 Å². The van der Waals surface area contributed by atoms with Crippen molar-refractivity contribution in [3.05, 3.63) is 23.9 Å². The molecule has 1 heterocycles. The Morgan fingerprint density at radius 1 is 1.37 bits per heavy atom. The lowest BCUT2D eigenvalue weighted by Gasteiger charge is -2.06. The highest BCUT2D eigenvalue weighted by Gasteiger charge is 2.06. The lowest BCUT2D eigenvalue weighted by Crippen LogP contribution is -2.07. The third-order valence-corrected chi connectivity index (χ3v) is 2.40. The Balaban J connectivity index is 2.32. The Bertz CT molecular complexity index is 417. The molecule has 0 radical (unpaired) electrons. The second-order valence-electron chi connectivity index (χ2n) is 3.93. The zero-order valence-electron chi connectivity index (χ0n) is 10.9. The van der Waals surface area contributed by atoms with Gasteiger partial charge in [0, 0.05) is 19.2 Å². The van der Waals surface area contributed by atoms with E-state index in [1.807, 2.05) is 0 Å². The fourth-order valence-corrected chi connectivity index (χ4v) is 1.45. The lowest BCUT2D eigenvalue weighted by atomic mass is 10.2. The van der Waals surface area contributed by atoms with Crippen LogP contribution in [0.5, 0.6) is 0 Å². The summed E-state index contributed by atoms with van der Waals surface area (Å²) < 4.78 is 4.85. The molecule has 19 heavy (non-hydrogen) atoms. The Hall–Kier alpha value is -2.11. The molecule has 0 aliphatic carbocycles. The third kappa shape index (κ3) is 5.85. The third-order valence-electron chi connectivity index (χ3n) is 2.40. The minimum atomic E-state index is -0.781. The van der Waals surface area contributed by atoms with E-state index in [4.69, 9.17) is 9.84 Å². The predicted molar refractivity (Wildman–Crippen MR) is 70.2 cm³/mol.